The fraction of sp³-hybridized carbons (Fsp3) is 0.167. The van der Waals surface area contributed by atoms with E-state index >= 15 is 0 Å². The predicted molar refractivity (Wildman–Crippen MR) is 65.1 cm³/mol. The minimum absolute atomic E-state index is 0.0929. The van der Waals surface area contributed by atoms with E-state index in [9.17, 15) is 9.59 Å². The summed E-state index contributed by atoms with van der Waals surface area (Å²) in [5.74, 6) is -1.05. The van der Waals surface area contributed by atoms with E-state index in [0.29, 0.717) is 17.3 Å². The molecule has 19 heavy (non-hydrogen) atoms. The zero-order valence-electron chi connectivity index (χ0n) is 10.3. The number of hydrogen-bond donors (Lipinski definition) is 2. The fourth-order valence-electron chi connectivity index (χ4n) is 1.52. The number of aromatic nitrogens is 2. The van der Waals surface area contributed by atoms with Crippen molar-refractivity contribution in [2.45, 2.75) is 13.8 Å². The summed E-state index contributed by atoms with van der Waals surface area (Å²) < 4.78 is 5.17. The summed E-state index contributed by atoms with van der Waals surface area (Å²) in [5.41, 5.74) is 0.776. The van der Waals surface area contributed by atoms with Gasteiger partial charge in [-0.2, -0.15) is 0 Å². The normalized spacial score (nSPS) is 10.2. The highest BCUT2D eigenvalue weighted by Crippen LogP contribution is 2.13. The number of carboxylic acid groups (broad SMARTS) is 1. The number of nitrogens with zero attached hydrogens (tertiary/aromatic N) is 2. The molecule has 7 heteroatoms. The minimum Gasteiger partial charge on any atom is -0.477 e. The number of hydrogen-bond acceptors (Lipinski definition) is 5. The van der Waals surface area contributed by atoms with Crippen LogP contribution in [-0.2, 0) is 0 Å². The van der Waals surface area contributed by atoms with Crippen molar-refractivity contribution < 1.29 is 19.1 Å². The summed E-state index contributed by atoms with van der Waals surface area (Å²) >= 11 is 0. The lowest BCUT2D eigenvalue weighted by Gasteiger charge is -2.03. The van der Waals surface area contributed by atoms with Crippen molar-refractivity contribution in [2.75, 3.05) is 5.32 Å². The van der Waals surface area contributed by atoms with Gasteiger partial charge in [0.2, 0.25) is 5.76 Å². The number of rotatable bonds is 3. The average molecular weight is 261 g/mol. The highest BCUT2D eigenvalue weighted by Gasteiger charge is 2.16. The molecule has 98 valence electrons. The maximum Gasteiger partial charge on any atom is 0.354 e. The highest BCUT2D eigenvalue weighted by atomic mass is 16.4. The van der Waals surface area contributed by atoms with Crippen molar-refractivity contribution in [2.24, 2.45) is 0 Å². The van der Waals surface area contributed by atoms with Crippen LogP contribution in [0.1, 0.15) is 32.6 Å². The minimum atomic E-state index is -1.13. The Balaban J connectivity index is 2.15. The van der Waals surface area contributed by atoms with Crippen molar-refractivity contribution in [3.8, 4) is 0 Å². The van der Waals surface area contributed by atoms with Crippen molar-refractivity contribution in [3.05, 3.63) is 41.4 Å². The van der Waals surface area contributed by atoms with Gasteiger partial charge in [0, 0.05) is 6.92 Å². The van der Waals surface area contributed by atoms with Gasteiger partial charge in [-0.05, 0) is 19.1 Å². The molecule has 7 nitrogen and oxygen atoms in total. The van der Waals surface area contributed by atoms with Gasteiger partial charge in [-0.1, -0.05) is 0 Å². The number of aryl methyl sites for hydroxylation is 2. The maximum absolute atomic E-state index is 11.9. The van der Waals surface area contributed by atoms with E-state index in [1.807, 2.05) is 0 Å². The Kier molecular flexibility index (Phi) is 3.28. The Morgan fingerprint density at radius 3 is 2.53 bits per heavy atom. The largest absolute Gasteiger partial charge is 0.477 e. The quantitative estimate of drug-likeness (QED) is 0.870. The summed E-state index contributed by atoms with van der Waals surface area (Å²) in [6.45, 7) is 3.31. The molecular formula is C12H11N3O4. The molecular weight excluding hydrogens is 250 g/mol. The third-order valence-corrected chi connectivity index (χ3v) is 2.35. The standard InChI is InChI=1S/C12H11N3O4/c1-6-10(19-7(2)14-6)11(16)15-8-3-4-9(12(17)18)13-5-8/h3-5H,1-2H3,(H,15,16)(H,17,18). The third-order valence-electron chi connectivity index (χ3n) is 2.35. The van der Waals surface area contributed by atoms with Crippen LogP contribution >= 0.6 is 0 Å². The Hall–Kier alpha value is -2.70. The molecule has 0 saturated carbocycles. The van der Waals surface area contributed by atoms with Crippen LogP contribution in [0.5, 0.6) is 0 Å². The van der Waals surface area contributed by atoms with E-state index in [-0.39, 0.29) is 11.5 Å². The molecule has 0 radical (unpaired) electrons. The molecule has 0 spiro atoms. The van der Waals surface area contributed by atoms with Crippen LogP contribution in [0.25, 0.3) is 0 Å². The Morgan fingerprint density at radius 2 is 2.05 bits per heavy atom. The van der Waals surface area contributed by atoms with Crippen LogP contribution in [0.15, 0.2) is 22.7 Å². The molecule has 0 unspecified atom stereocenters. The van der Waals surface area contributed by atoms with Crippen LogP contribution in [0.3, 0.4) is 0 Å². The van der Waals surface area contributed by atoms with E-state index in [2.05, 4.69) is 15.3 Å². The first kappa shape index (κ1) is 12.7. The summed E-state index contributed by atoms with van der Waals surface area (Å²) in [6.07, 6.45) is 1.26. The van der Waals surface area contributed by atoms with Crippen LogP contribution in [-0.4, -0.2) is 27.0 Å². The summed E-state index contributed by atoms with van der Waals surface area (Å²) in [5, 5.41) is 11.3. The van der Waals surface area contributed by atoms with Crippen LogP contribution in [0.2, 0.25) is 0 Å². The number of carboxylic acids is 1. The number of aromatic carboxylic acids is 1. The Bertz CT molecular complexity index is 631. The van der Waals surface area contributed by atoms with Crippen molar-refractivity contribution in [1.29, 1.82) is 0 Å². The third kappa shape index (κ3) is 2.76. The van der Waals surface area contributed by atoms with Crippen molar-refractivity contribution in [1.82, 2.24) is 9.97 Å². The number of carbonyl (C=O) groups is 2. The lowest BCUT2D eigenvalue weighted by atomic mass is 10.3. The van der Waals surface area contributed by atoms with E-state index in [1.54, 1.807) is 13.8 Å². The summed E-state index contributed by atoms with van der Waals surface area (Å²) in [7, 11) is 0. The van der Waals surface area contributed by atoms with Crippen LogP contribution in [0.4, 0.5) is 5.69 Å². The Labute approximate surface area is 108 Å². The topological polar surface area (TPSA) is 105 Å². The molecule has 0 aromatic carbocycles. The van der Waals surface area contributed by atoms with Crippen molar-refractivity contribution in [3.63, 3.8) is 0 Å². The Morgan fingerprint density at radius 1 is 1.32 bits per heavy atom. The van der Waals surface area contributed by atoms with Gasteiger partial charge >= 0.3 is 5.97 Å². The zero-order valence-corrected chi connectivity index (χ0v) is 10.3. The van der Waals surface area contributed by atoms with E-state index in [0.717, 1.165) is 0 Å². The highest BCUT2D eigenvalue weighted by molar-refractivity contribution is 6.02. The monoisotopic (exact) mass is 261 g/mol. The molecule has 2 aromatic heterocycles. The lowest BCUT2D eigenvalue weighted by molar-refractivity contribution is 0.0690. The SMILES string of the molecule is Cc1nc(C)c(C(=O)Nc2ccc(C(=O)O)nc2)o1. The van der Waals surface area contributed by atoms with Gasteiger partial charge in [0.1, 0.15) is 5.69 Å². The second-order valence-electron chi connectivity index (χ2n) is 3.84. The van der Waals surface area contributed by atoms with Gasteiger partial charge in [0.05, 0.1) is 17.6 Å². The van der Waals surface area contributed by atoms with Gasteiger partial charge in [0.25, 0.3) is 5.91 Å². The fourth-order valence-corrected chi connectivity index (χ4v) is 1.52. The zero-order chi connectivity index (χ0) is 14.0. The second-order valence-corrected chi connectivity index (χ2v) is 3.84. The molecule has 0 saturated heterocycles. The molecule has 1 amide bonds. The van der Waals surface area contributed by atoms with Gasteiger partial charge in [-0.3, -0.25) is 4.79 Å². The smallest absolute Gasteiger partial charge is 0.354 e. The summed E-state index contributed by atoms with van der Waals surface area (Å²) in [4.78, 5) is 30.2. The van der Waals surface area contributed by atoms with Gasteiger partial charge in [-0.25, -0.2) is 14.8 Å². The first-order valence-electron chi connectivity index (χ1n) is 5.42. The van der Waals surface area contributed by atoms with Gasteiger partial charge in [-0.15, -0.1) is 0 Å². The lowest BCUT2D eigenvalue weighted by Crippen LogP contribution is -2.13. The number of amides is 1. The maximum atomic E-state index is 11.9. The molecule has 0 aliphatic heterocycles. The van der Waals surface area contributed by atoms with Gasteiger partial charge in [0.15, 0.2) is 5.89 Å². The van der Waals surface area contributed by atoms with E-state index < -0.39 is 11.9 Å². The number of oxazole rings is 1. The van der Waals surface area contributed by atoms with Crippen LogP contribution < -0.4 is 5.32 Å². The molecule has 0 fully saturated rings. The molecule has 0 aliphatic rings. The van der Waals surface area contributed by atoms with Gasteiger partial charge < -0.3 is 14.8 Å². The molecule has 2 N–H and O–H groups in total. The van der Waals surface area contributed by atoms with Crippen LogP contribution in [0, 0.1) is 13.8 Å². The van der Waals surface area contributed by atoms with E-state index in [4.69, 9.17) is 9.52 Å². The first-order chi connectivity index (χ1) is 8.97. The van der Waals surface area contributed by atoms with Crippen molar-refractivity contribution >= 4 is 17.6 Å². The number of carbonyl (C=O) groups excluding carboxylic acids is 1. The second kappa shape index (κ2) is 4.89. The predicted octanol–water partition coefficient (Wildman–Crippen LogP) is 1.64. The number of anilines is 1. The molecule has 2 aromatic rings. The number of pyridine rings is 1. The first-order valence-corrected chi connectivity index (χ1v) is 5.42. The average Bonchev–Trinajstić information content (AvgIpc) is 2.69. The van der Waals surface area contributed by atoms with E-state index in [1.165, 1.54) is 18.3 Å². The summed E-state index contributed by atoms with van der Waals surface area (Å²) in [6, 6.07) is 2.75. The number of nitrogens with one attached hydrogen (secondary N) is 1. The molecule has 2 rings (SSSR count). The molecule has 0 aliphatic carbocycles. The molecule has 2 heterocycles. The molecule has 0 atom stereocenters. The molecule has 0 bridgehead atoms.